The summed E-state index contributed by atoms with van der Waals surface area (Å²) in [7, 11) is 0. The van der Waals surface area contributed by atoms with Gasteiger partial charge in [0.25, 0.3) is 21.7 Å². The number of alkyl halides is 68. The Morgan fingerprint density at radius 3 is 0.293 bits per heavy atom. The van der Waals surface area contributed by atoms with Crippen LogP contribution in [-0.2, 0) is 18.9 Å². The van der Waals surface area contributed by atoms with Gasteiger partial charge in [-0.15, -0.1) is 0 Å². The summed E-state index contributed by atoms with van der Waals surface area (Å²) in [6.07, 6.45) is -75.8. The monoisotopic (exact) mass is 2130 g/mol. The molecule has 133 heavy (non-hydrogen) atoms. The first-order valence-electron chi connectivity index (χ1n) is 33.5. The molecule has 0 amide bonds. The molecule has 776 valence electrons. The van der Waals surface area contributed by atoms with E-state index in [1.165, 1.54) is 0 Å². The maximum atomic E-state index is 16.6. The van der Waals surface area contributed by atoms with Crippen LogP contribution in [0, 0.1) is 27.1 Å². The molecule has 8 nitrogen and oxygen atoms in total. The molecule has 16 rings (SSSR count). The SMILES string of the molecule is OC(COC(F)(F)C12C(F)(F)C3(F)C(F)(F)C(F)(C(F)(F)C(F)(C3(F)F)C1(F)F)C2(F)F)CC(CC(O)COC(F)(F)C12C(F)(F)C3(F)C(F)(F)C(F)(C(F)(F)C(F)(C3(F)F)C1(F)F)C2(F)F)(CC(O)COC(F)(F)C12C(F)(F)C3(F)C(F)(F)C(F)(C(F)(F)C(F)(C3(F)F)C1(F)F)C2(F)F)CC(O)COC(F)(F)C12C(F)(F)C3(F)C(F)(F)C(F)(C(F)(F)C(F)(C3(F)F)C1(F)F)C2(F)F. The van der Waals surface area contributed by atoms with Crippen LogP contribution in [0.2, 0.25) is 0 Å². The molecule has 0 radical (unpaired) electrons. The molecule has 0 aromatic heterocycles. The highest BCUT2D eigenvalue weighted by Crippen LogP contribution is 2.99. The zero-order chi connectivity index (χ0) is 105. The fraction of sp³-hybridized carbons (Fsp3) is 1.00. The molecular weight excluding hydrogens is 2100 g/mol. The fourth-order valence-electron chi connectivity index (χ4n) is 21.6. The van der Waals surface area contributed by atoms with Crippen molar-refractivity contribution in [3.05, 3.63) is 0 Å². The summed E-state index contributed by atoms with van der Waals surface area (Å²) >= 11 is 0. The Balaban J connectivity index is 1.05. The topological polar surface area (TPSA) is 118 Å². The van der Waals surface area contributed by atoms with Crippen molar-refractivity contribution < 1.29 is 338 Å². The van der Waals surface area contributed by atoms with Crippen LogP contribution >= 0.6 is 0 Å². The smallest absolute Gasteiger partial charge is 0.379 e. The van der Waals surface area contributed by atoms with E-state index in [1.807, 2.05) is 0 Å². The summed E-state index contributed by atoms with van der Waals surface area (Å²) in [5.41, 5.74) is -157. The van der Waals surface area contributed by atoms with E-state index in [0.29, 0.717) is 0 Å². The van der Waals surface area contributed by atoms with Crippen LogP contribution in [-0.4, -0.2) is 306 Å². The first-order chi connectivity index (χ1) is 57.4. The predicted molar refractivity (Wildman–Crippen MR) is 263 cm³/mol. The first-order valence-corrected chi connectivity index (χ1v) is 33.5. The quantitative estimate of drug-likeness (QED) is 0.0706. The van der Waals surface area contributed by atoms with E-state index < -0.39 is 338 Å². The standard InChI is InChI=1S/C57H24F68O8/c58-18-30(70,71)14(31(72,73)19(59,42(18,94)95)44(98,99)20(60,32(14,74)75)43(18,96)97)54(118,119)130-5-9(126)1-13(2-10(127)6-131-55(120,121)15-33(76,77)21(61)45(100,101)22(62,34(15,78)79)47(104,105)23(63,35(15,80)81)46(21,102)103,3-11(128)7-132-56(122,123)16-36(82,83)24(64)48(106,107)25(65,37(16,84)85)50(110,111)26(66,38(16,86)87)49(24,108)109)4-12(129)8-133-57(124,125)17-39(88,89)27(67)51(112,113)28(68,40(17,90)91)53(116,117)29(69,41(17,92)93)52(27,114)115/h9-12,126-129H,1-8H2. The van der Waals surface area contributed by atoms with Crippen LogP contribution in [0.25, 0.3) is 0 Å². The van der Waals surface area contributed by atoms with Gasteiger partial charge in [-0.2, -0.15) is 140 Å². The van der Waals surface area contributed by atoms with Gasteiger partial charge in [-0.25, -0.2) is 158 Å². The van der Waals surface area contributed by atoms with E-state index in [1.54, 1.807) is 0 Å². The van der Waals surface area contributed by atoms with Crippen molar-refractivity contribution in [1.82, 2.24) is 0 Å². The molecule has 0 aromatic rings. The number of aliphatic hydroxyl groups is 4. The molecule has 4 N–H and O–H groups in total. The van der Waals surface area contributed by atoms with Gasteiger partial charge in [0, 0.05) is 0 Å². The average molecular weight is 2130 g/mol. The molecule has 16 aliphatic carbocycles. The van der Waals surface area contributed by atoms with E-state index in [2.05, 4.69) is 18.9 Å². The molecule has 0 heterocycles. The maximum Gasteiger partial charge on any atom is 0.379 e. The molecule has 16 fully saturated rings. The van der Waals surface area contributed by atoms with Crippen LogP contribution in [0.5, 0.6) is 0 Å². The lowest BCUT2D eigenvalue weighted by molar-refractivity contribution is -0.641. The van der Waals surface area contributed by atoms with Crippen molar-refractivity contribution in [2.24, 2.45) is 27.1 Å². The van der Waals surface area contributed by atoms with Crippen molar-refractivity contribution >= 4 is 0 Å². The van der Waals surface area contributed by atoms with Crippen LogP contribution in [0.3, 0.4) is 0 Å². The second-order valence-corrected chi connectivity index (χ2v) is 32.9. The summed E-state index contributed by atoms with van der Waals surface area (Å²) < 4.78 is 1090. The van der Waals surface area contributed by atoms with E-state index in [-0.39, 0.29) is 0 Å². The van der Waals surface area contributed by atoms with Gasteiger partial charge in [0.15, 0.2) is 0 Å². The van der Waals surface area contributed by atoms with Gasteiger partial charge in [0.2, 0.25) is 0 Å². The van der Waals surface area contributed by atoms with Crippen LogP contribution in [0.1, 0.15) is 25.7 Å². The van der Waals surface area contributed by atoms with Crippen LogP contribution in [0.4, 0.5) is 299 Å². The number of hydrogen-bond donors (Lipinski definition) is 4. The predicted octanol–water partition coefficient (Wildman–Crippen LogP) is 19.3. The number of halogens is 68. The molecule has 0 aliphatic heterocycles. The lowest BCUT2D eigenvalue weighted by Gasteiger charge is -2.75. The summed E-state index contributed by atoms with van der Waals surface area (Å²) in [5.74, 6) is -228. The largest absolute Gasteiger partial charge is 0.391 e. The molecular formula is C57H24F68O8. The Labute approximate surface area is 676 Å². The third-order valence-electron chi connectivity index (χ3n) is 27.5. The third-order valence-corrected chi connectivity index (χ3v) is 27.5. The van der Waals surface area contributed by atoms with Crippen molar-refractivity contribution in [3.8, 4) is 0 Å². The second-order valence-electron chi connectivity index (χ2n) is 32.9. The lowest BCUT2D eigenvalue weighted by atomic mass is 9.36. The lowest BCUT2D eigenvalue weighted by Crippen LogP contribution is -3.09. The highest BCUT2D eigenvalue weighted by molar-refractivity contribution is 5.59. The third kappa shape index (κ3) is 7.71. The molecule has 76 heteroatoms. The Morgan fingerprint density at radius 2 is 0.218 bits per heavy atom. The van der Waals surface area contributed by atoms with E-state index >= 15 is 299 Å². The van der Waals surface area contributed by atoms with Crippen LogP contribution in [0.15, 0.2) is 0 Å². The summed E-state index contributed by atoms with van der Waals surface area (Å²) in [5, 5.41) is 44.1. The van der Waals surface area contributed by atoms with Gasteiger partial charge in [-0.3, -0.25) is 0 Å². The van der Waals surface area contributed by atoms with Gasteiger partial charge < -0.3 is 39.4 Å². The van der Waals surface area contributed by atoms with Gasteiger partial charge in [0.05, 0.1) is 50.8 Å². The van der Waals surface area contributed by atoms with Gasteiger partial charge >= 0.3 is 235 Å². The van der Waals surface area contributed by atoms with Crippen molar-refractivity contribution in [2.75, 3.05) is 26.4 Å². The molecule has 0 saturated heterocycles. The zero-order valence-corrected chi connectivity index (χ0v) is 59.6. The van der Waals surface area contributed by atoms with E-state index in [0.717, 1.165) is 0 Å². The molecule has 16 saturated carbocycles. The van der Waals surface area contributed by atoms with Gasteiger partial charge in [0.1, 0.15) is 0 Å². The van der Waals surface area contributed by atoms with Crippen molar-refractivity contribution in [1.29, 1.82) is 0 Å². The number of rotatable bonds is 24. The number of aliphatic hydroxyl groups excluding tert-OH is 4. The normalized spacial score (nSPS) is 46.9. The van der Waals surface area contributed by atoms with E-state index in [4.69, 9.17) is 0 Å². The summed E-state index contributed by atoms with van der Waals surface area (Å²) in [6.45, 7) is -18.7. The molecule has 16 bridgehead atoms. The van der Waals surface area contributed by atoms with Gasteiger partial charge in [-0.05, 0) is 31.1 Å². The molecule has 16 aliphatic rings. The maximum absolute atomic E-state index is 16.6. The highest BCUT2D eigenvalue weighted by atomic mass is 19.4. The first kappa shape index (κ1) is 107. The average Bonchev–Trinajstić information content (AvgIpc) is 0.597. The molecule has 4 atom stereocenters. The Hall–Kier alpha value is -5.08. The van der Waals surface area contributed by atoms with Crippen LogP contribution < -0.4 is 0 Å². The summed E-state index contributed by atoms with van der Waals surface area (Å²) in [4.78, 5) is 0. The number of hydrogen-bond acceptors (Lipinski definition) is 8. The zero-order valence-electron chi connectivity index (χ0n) is 59.6. The Morgan fingerprint density at radius 1 is 0.143 bits per heavy atom. The van der Waals surface area contributed by atoms with Gasteiger partial charge in [-0.1, -0.05) is 0 Å². The Bertz CT molecular complexity index is 3810. The minimum Gasteiger partial charge on any atom is -0.391 e. The summed E-state index contributed by atoms with van der Waals surface area (Å²) in [6, 6.07) is 0. The highest BCUT2D eigenvalue weighted by Gasteiger charge is 3.31. The minimum atomic E-state index is -9.71. The molecule has 0 spiro atoms. The molecule has 4 unspecified atom stereocenters. The van der Waals surface area contributed by atoms with Crippen molar-refractivity contribution in [2.45, 2.75) is 285 Å². The fourth-order valence-corrected chi connectivity index (χ4v) is 21.6. The second kappa shape index (κ2) is 24.1. The molecule has 0 aromatic carbocycles. The van der Waals surface area contributed by atoms with E-state index in [9.17, 15) is 20.4 Å². The minimum absolute atomic E-state index is 2.48. The van der Waals surface area contributed by atoms with Crippen molar-refractivity contribution in [3.63, 3.8) is 0 Å². The Kier molecular flexibility index (Phi) is 19.4. The number of ether oxygens (including phenoxy) is 4.